The molecule has 2 N–H and O–H groups in total. The standard InChI is InChI=1S/C21H24N6O/c22-16-5-8-27(14-16)21-20-19(23-6-7-24-20)13-18(25-21)15-1-3-17(4-2-15)26-9-11-28-12-10-26/h1-4,6-7,13,16H,5,8-12,14,22H2. The number of pyridine rings is 1. The first-order chi connectivity index (χ1) is 13.8. The first kappa shape index (κ1) is 17.3. The van der Waals surface area contributed by atoms with E-state index in [1.807, 2.05) is 6.07 Å². The van der Waals surface area contributed by atoms with Gasteiger partial charge >= 0.3 is 0 Å². The van der Waals surface area contributed by atoms with E-state index in [-0.39, 0.29) is 6.04 Å². The van der Waals surface area contributed by atoms with Gasteiger partial charge in [0.25, 0.3) is 0 Å². The minimum Gasteiger partial charge on any atom is -0.378 e. The molecule has 2 saturated heterocycles. The second-order valence-corrected chi connectivity index (χ2v) is 7.40. The van der Waals surface area contributed by atoms with Crippen LogP contribution >= 0.6 is 0 Å². The molecule has 0 aliphatic carbocycles. The lowest BCUT2D eigenvalue weighted by atomic mass is 10.1. The van der Waals surface area contributed by atoms with Crippen molar-refractivity contribution in [2.24, 2.45) is 5.73 Å². The Kier molecular flexibility index (Phi) is 4.54. The second-order valence-electron chi connectivity index (χ2n) is 7.40. The van der Waals surface area contributed by atoms with Crippen LogP contribution in [-0.2, 0) is 4.74 Å². The Labute approximate surface area is 164 Å². The number of hydrogen-bond donors (Lipinski definition) is 1. The van der Waals surface area contributed by atoms with Crippen molar-refractivity contribution in [3.05, 3.63) is 42.7 Å². The van der Waals surface area contributed by atoms with E-state index in [4.69, 9.17) is 15.5 Å². The number of rotatable bonds is 3. The molecule has 5 rings (SSSR count). The maximum atomic E-state index is 6.12. The minimum absolute atomic E-state index is 0.185. The fraction of sp³-hybridized carbons (Fsp3) is 0.381. The normalized spacial score (nSPS) is 20.1. The number of nitrogens with zero attached hydrogens (tertiary/aromatic N) is 5. The first-order valence-corrected chi connectivity index (χ1v) is 9.83. The van der Waals surface area contributed by atoms with Crippen molar-refractivity contribution in [1.29, 1.82) is 0 Å². The van der Waals surface area contributed by atoms with Crippen LogP contribution in [0.25, 0.3) is 22.3 Å². The topological polar surface area (TPSA) is 80.4 Å². The third-order valence-electron chi connectivity index (χ3n) is 5.50. The summed E-state index contributed by atoms with van der Waals surface area (Å²) in [7, 11) is 0. The van der Waals surface area contributed by atoms with E-state index < -0.39 is 0 Å². The Morgan fingerprint density at radius 3 is 2.50 bits per heavy atom. The zero-order valence-corrected chi connectivity index (χ0v) is 15.8. The highest BCUT2D eigenvalue weighted by Gasteiger charge is 2.23. The molecule has 1 unspecified atom stereocenters. The average molecular weight is 376 g/mol. The van der Waals surface area contributed by atoms with Gasteiger partial charge in [0.05, 0.1) is 24.4 Å². The van der Waals surface area contributed by atoms with Gasteiger partial charge in [-0.25, -0.2) is 9.97 Å². The predicted octanol–water partition coefficient (Wildman–Crippen LogP) is 2.07. The van der Waals surface area contributed by atoms with E-state index in [1.165, 1.54) is 5.69 Å². The third-order valence-corrected chi connectivity index (χ3v) is 5.50. The van der Waals surface area contributed by atoms with Crippen LogP contribution in [-0.4, -0.2) is 60.4 Å². The van der Waals surface area contributed by atoms with Gasteiger partial charge in [0.1, 0.15) is 5.52 Å². The highest BCUT2D eigenvalue weighted by Crippen LogP contribution is 2.30. The van der Waals surface area contributed by atoms with Gasteiger partial charge in [0.15, 0.2) is 5.82 Å². The Morgan fingerprint density at radius 2 is 1.75 bits per heavy atom. The number of anilines is 2. The fourth-order valence-electron chi connectivity index (χ4n) is 3.97. The van der Waals surface area contributed by atoms with Crippen LogP contribution in [0, 0.1) is 0 Å². The highest BCUT2D eigenvalue weighted by molar-refractivity contribution is 5.89. The molecule has 7 nitrogen and oxygen atoms in total. The number of aromatic nitrogens is 3. The van der Waals surface area contributed by atoms with Crippen LogP contribution in [0.15, 0.2) is 42.7 Å². The molecule has 0 radical (unpaired) electrons. The summed E-state index contributed by atoms with van der Waals surface area (Å²) in [6, 6.07) is 10.8. The van der Waals surface area contributed by atoms with Gasteiger partial charge in [-0.05, 0) is 24.6 Å². The molecular weight excluding hydrogens is 352 g/mol. The number of hydrogen-bond acceptors (Lipinski definition) is 7. The lowest BCUT2D eigenvalue weighted by molar-refractivity contribution is 0.122. The van der Waals surface area contributed by atoms with Crippen molar-refractivity contribution < 1.29 is 4.74 Å². The summed E-state index contributed by atoms with van der Waals surface area (Å²) >= 11 is 0. The monoisotopic (exact) mass is 376 g/mol. The average Bonchev–Trinajstić information content (AvgIpc) is 3.20. The van der Waals surface area contributed by atoms with Crippen LogP contribution in [0.1, 0.15) is 6.42 Å². The molecule has 0 saturated carbocycles. The van der Waals surface area contributed by atoms with Gasteiger partial charge in [-0.1, -0.05) is 12.1 Å². The highest BCUT2D eigenvalue weighted by atomic mass is 16.5. The SMILES string of the molecule is NC1CCN(c2nc(-c3ccc(N4CCOCC4)cc3)cc3nccnc23)C1. The number of benzene rings is 1. The Morgan fingerprint density at radius 1 is 0.964 bits per heavy atom. The molecule has 2 aliphatic rings. The van der Waals surface area contributed by atoms with Crippen molar-refractivity contribution >= 4 is 22.5 Å². The molecule has 1 atom stereocenters. The summed E-state index contributed by atoms with van der Waals surface area (Å²) in [5, 5.41) is 0. The molecule has 3 aromatic rings. The lowest BCUT2D eigenvalue weighted by Crippen LogP contribution is -2.36. The molecule has 0 bridgehead atoms. The van der Waals surface area contributed by atoms with Crippen LogP contribution < -0.4 is 15.5 Å². The molecule has 4 heterocycles. The molecular formula is C21H24N6O. The smallest absolute Gasteiger partial charge is 0.157 e. The van der Waals surface area contributed by atoms with E-state index in [0.29, 0.717) is 0 Å². The maximum Gasteiger partial charge on any atom is 0.157 e. The quantitative estimate of drug-likeness (QED) is 0.749. The fourth-order valence-corrected chi connectivity index (χ4v) is 3.97. The Bertz CT molecular complexity index is 970. The van der Waals surface area contributed by atoms with Crippen molar-refractivity contribution in [3.63, 3.8) is 0 Å². The van der Waals surface area contributed by atoms with E-state index in [2.05, 4.69) is 44.0 Å². The molecule has 7 heteroatoms. The summed E-state index contributed by atoms with van der Waals surface area (Å²) in [4.78, 5) is 18.6. The molecule has 1 aromatic carbocycles. The first-order valence-electron chi connectivity index (χ1n) is 9.83. The maximum absolute atomic E-state index is 6.12. The number of nitrogens with two attached hydrogens (primary N) is 1. The molecule has 0 amide bonds. The number of morpholine rings is 1. The summed E-state index contributed by atoms with van der Waals surface area (Å²) in [5.74, 6) is 0.880. The Hall–Kier alpha value is -2.77. The third kappa shape index (κ3) is 3.27. The van der Waals surface area contributed by atoms with Crippen molar-refractivity contribution in [3.8, 4) is 11.3 Å². The molecule has 2 aromatic heterocycles. The summed E-state index contributed by atoms with van der Waals surface area (Å²) in [6.07, 6.45) is 4.43. The van der Waals surface area contributed by atoms with Gasteiger partial charge in [-0.2, -0.15) is 0 Å². The van der Waals surface area contributed by atoms with E-state index in [0.717, 1.165) is 73.9 Å². The Balaban J connectivity index is 1.51. The summed E-state index contributed by atoms with van der Waals surface area (Å²) < 4.78 is 5.45. The van der Waals surface area contributed by atoms with Crippen LogP contribution in [0.3, 0.4) is 0 Å². The zero-order chi connectivity index (χ0) is 18.9. The van der Waals surface area contributed by atoms with Gasteiger partial charge < -0.3 is 20.3 Å². The van der Waals surface area contributed by atoms with Crippen LogP contribution in [0.4, 0.5) is 11.5 Å². The molecule has 2 aliphatic heterocycles. The largest absolute Gasteiger partial charge is 0.378 e. The van der Waals surface area contributed by atoms with Gasteiger partial charge in [0, 0.05) is 55.9 Å². The zero-order valence-electron chi connectivity index (χ0n) is 15.8. The van der Waals surface area contributed by atoms with E-state index >= 15 is 0 Å². The predicted molar refractivity (Wildman–Crippen MR) is 111 cm³/mol. The lowest BCUT2D eigenvalue weighted by Gasteiger charge is -2.28. The van der Waals surface area contributed by atoms with Crippen LogP contribution in [0.2, 0.25) is 0 Å². The van der Waals surface area contributed by atoms with Gasteiger partial charge in [-0.15, -0.1) is 0 Å². The van der Waals surface area contributed by atoms with Crippen LogP contribution in [0.5, 0.6) is 0 Å². The molecule has 2 fully saturated rings. The van der Waals surface area contributed by atoms with Crippen molar-refractivity contribution in [2.45, 2.75) is 12.5 Å². The molecule has 0 spiro atoms. The number of ether oxygens (including phenoxy) is 1. The minimum atomic E-state index is 0.185. The van der Waals surface area contributed by atoms with Crippen molar-refractivity contribution in [2.75, 3.05) is 49.2 Å². The van der Waals surface area contributed by atoms with Gasteiger partial charge in [0.2, 0.25) is 0 Å². The van der Waals surface area contributed by atoms with Crippen molar-refractivity contribution in [1.82, 2.24) is 15.0 Å². The summed E-state index contributed by atoms with van der Waals surface area (Å²) in [5.41, 5.74) is 11.0. The van der Waals surface area contributed by atoms with Gasteiger partial charge in [-0.3, -0.25) is 4.98 Å². The second kappa shape index (κ2) is 7.33. The number of fused-ring (bicyclic) bond motifs is 1. The summed E-state index contributed by atoms with van der Waals surface area (Å²) in [6.45, 7) is 5.14. The molecule has 28 heavy (non-hydrogen) atoms. The van der Waals surface area contributed by atoms with E-state index in [9.17, 15) is 0 Å². The van der Waals surface area contributed by atoms with E-state index in [1.54, 1.807) is 12.4 Å². The molecule has 144 valence electrons.